The van der Waals surface area contributed by atoms with E-state index >= 15 is 0 Å². The smallest absolute Gasteiger partial charge is 0.163 e. The second kappa shape index (κ2) is 4.92. The quantitative estimate of drug-likeness (QED) is 0.784. The summed E-state index contributed by atoms with van der Waals surface area (Å²) >= 11 is 12.1. The van der Waals surface area contributed by atoms with Gasteiger partial charge in [-0.05, 0) is 25.1 Å². The van der Waals surface area contributed by atoms with Crippen LogP contribution >= 0.6 is 23.2 Å². The van der Waals surface area contributed by atoms with Gasteiger partial charge in [0.15, 0.2) is 5.65 Å². The molecule has 102 valence electrons. The minimum Gasteiger partial charge on any atom is -0.338 e. The Hall–Kier alpha value is -1.85. The van der Waals surface area contributed by atoms with Gasteiger partial charge in [0.2, 0.25) is 0 Å². The molecule has 3 aromatic rings. The second-order valence-electron chi connectivity index (χ2n) is 4.37. The highest BCUT2D eigenvalue weighted by atomic mass is 35.5. The van der Waals surface area contributed by atoms with Gasteiger partial charge in [0.25, 0.3) is 0 Å². The molecule has 0 aliphatic heterocycles. The summed E-state index contributed by atoms with van der Waals surface area (Å²) in [6, 6.07) is 5.23. The molecule has 0 bridgehead atoms. The van der Waals surface area contributed by atoms with Crippen LogP contribution in [-0.2, 0) is 7.05 Å². The third-order valence-corrected chi connectivity index (χ3v) is 3.45. The molecular formula is C13H11Cl2N5. The number of benzene rings is 1. The number of nitrogens with one attached hydrogen (secondary N) is 1. The number of anilines is 2. The maximum atomic E-state index is 6.16. The van der Waals surface area contributed by atoms with E-state index in [2.05, 4.69) is 20.4 Å². The van der Waals surface area contributed by atoms with Gasteiger partial charge in [0.05, 0.1) is 22.3 Å². The zero-order valence-electron chi connectivity index (χ0n) is 10.9. The lowest BCUT2D eigenvalue weighted by molar-refractivity contribution is 0.783. The van der Waals surface area contributed by atoms with Gasteiger partial charge in [0.1, 0.15) is 11.6 Å². The van der Waals surface area contributed by atoms with E-state index < -0.39 is 0 Å². The van der Waals surface area contributed by atoms with Crippen LogP contribution in [-0.4, -0.2) is 19.7 Å². The number of hydrogen-bond donors (Lipinski definition) is 1. The van der Waals surface area contributed by atoms with E-state index in [4.69, 9.17) is 23.2 Å². The molecule has 0 fully saturated rings. The van der Waals surface area contributed by atoms with Crippen molar-refractivity contribution in [1.29, 1.82) is 0 Å². The Morgan fingerprint density at radius 2 is 2.00 bits per heavy atom. The molecule has 0 radical (unpaired) electrons. The van der Waals surface area contributed by atoms with Gasteiger partial charge in [-0.25, -0.2) is 9.97 Å². The van der Waals surface area contributed by atoms with Crippen LogP contribution in [0.2, 0.25) is 10.0 Å². The predicted octanol–water partition coefficient (Wildman–Crippen LogP) is 3.72. The fourth-order valence-corrected chi connectivity index (χ4v) is 2.28. The molecule has 20 heavy (non-hydrogen) atoms. The van der Waals surface area contributed by atoms with E-state index in [1.807, 2.05) is 14.0 Å². The van der Waals surface area contributed by atoms with Crippen LogP contribution < -0.4 is 5.32 Å². The fourth-order valence-electron chi connectivity index (χ4n) is 1.95. The van der Waals surface area contributed by atoms with E-state index in [9.17, 15) is 0 Å². The standard InChI is InChI=1S/C13H11Cl2N5/c1-7-17-12(9-6-16-20(2)13(9)18-7)19-11-5-8(14)3-4-10(11)15/h3-6H,1-2H3,(H,17,18,19). The molecule has 0 aliphatic carbocycles. The number of halogens is 2. The van der Waals surface area contributed by atoms with Crippen LogP contribution in [0.5, 0.6) is 0 Å². The number of fused-ring (bicyclic) bond motifs is 1. The second-order valence-corrected chi connectivity index (χ2v) is 5.22. The number of nitrogens with zero attached hydrogens (tertiary/aromatic N) is 4. The molecule has 0 saturated carbocycles. The van der Waals surface area contributed by atoms with Gasteiger partial charge in [0, 0.05) is 12.1 Å². The van der Waals surface area contributed by atoms with Crippen molar-refractivity contribution in [3.05, 3.63) is 40.3 Å². The summed E-state index contributed by atoms with van der Waals surface area (Å²) in [7, 11) is 1.84. The highest BCUT2D eigenvalue weighted by Crippen LogP contribution is 2.30. The molecular weight excluding hydrogens is 297 g/mol. The Bertz CT molecular complexity index is 797. The van der Waals surface area contributed by atoms with E-state index in [0.29, 0.717) is 27.4 Å². The first kappa shape index (κ1) is 13.1. The average molecular weight is 308 g/mol. The van der Waals surface area contributed by atoms with Crippen LogP contribution in [0.4, 0.5) is 11.5 Å². The first-order valence-corrected chi connectivity index (χ1v) is 6.68. The number of rotatable bonds is 2. The lowest BCUT2D eigenvalue weighted by Gasteiger charge is -2.09. The molecule has 2 aromatic heterocycles. The van der Waals surface area contributed by atoms with Crippen LogP contribution in [0.1, 0.15) is 5.82 Å². The number of aromatic nitrogens is 4. The van der Waals surface area contributed by atoms with Crippen LogP contribution in [0.25, 0.3) is 11.0 Å². The summed E-state index contributed by atoms with van der Waals surface area (Å²) < 4.78 is 1.70. The van der Waals surface area contributed by atoms with E-state index in [1.165, 1.54) is 0 Å². The Kier molecular flexibility index (Phi) is 3.23. The van der Waals surface area contributed by atoms with Gasteiger partial charge in [-0.2, -0.15) is 5.10 Å². The maximum Gasteiger partial charge on any atom is 0.163 e. The van der Waals surface area contributed by atoms with Crippen molar-refractivity contribution in [1.82, 2.24) is 19.7 Å². The van der Waals surface area contributed by atoms with E-state index in [-0.39, 0.29) is 0 Å². The minimum atomic E-state index is 0.572. The Balaban J connectivity index is 2.13. The molecule has 0 saturated heterocycles. The topological polar surface area (TPSA) is 55.6 Å². The monoisotopic (exact) mass is 307 g/mol. The lowest BCUT2D eigenvalue weighted by atomic mass is 10.3. The third-order valence-electron chi connectivity index (χ3n) is 2.89. The summed E-state index contributed by atoms with van der Waals surface area (Å²) in [4.78, 5) is 8.77. The molecule has 1 N–H and O–H groups in total. The normalized spacial score (nSPS) is 11.0. The van der Waals surface area contributed by atoms with Gasteiger partial charge < -0.3 is 5.32 Å². The summed E-state index contributed by atoms with van der Waals surface area (Å²) in [5, 5.41) is 9.39. The zero-order chi connectivity index (χ0) is 14.3. The Morgan fingerprint density at radius 1 is 1.20 bits per heavy atom. The maximum absolute atomic E-state index is 6.16. The van der Waals surface area contributed by atoms with Crippen LogP contribution in [0.15, 0.2) is 24.4 Å². The highest BCUT2D eigenvalue weighted by Gasteiger charge is 2.11. The SMILES string of the molecule is Cc1nc(Nc2cc(Cl)ccc2Cl)c2cnn(C)c2n1. The molecule has 3 rings (SSSR count). The Morgan fingerprint density at radius 3 is 2.80 bits per heavy atom. The highest BCUT2D eigenvalue weighted by molar-refractivity contribution is 6.35. The molecule has 0 aliphatic rings. The summed E-state index contributed by atoms with van der Waals surface area (Å²) in [6.07, 6.45) is 1.72. The van der Waals surface area contributed by atoms with Gasteiger partial charge in [-0.1, -0.05) is 23.2 Å². The van der Waals surface area contributed by atoms with Gasteiger partial charge in [-0.3, -0.25) is 4.68 Å². The van der Waals surface area contributed by atoms with E-state index in [1.54, 1.807) is 29.1 Å². The van der Waals surface area contributed by atoms with Crippen molar-refractivity contribution >= 4 is 45.7 Å². The minimum absolute atomic E-state index is 0.572. The first-order chi connectivity index (χ1) is 9.54. The lowest BCUT2D eigenvalue weighted by Crippen LogP contribution is -2.00. The summed E-state index contributed by atoms with van der Waals surface area (Å²) in [5.74, 6) is 1.31. The van der Waals surface area contributed by atoms with Crippen molar-refractivity contribution in [2.24, 2.45) is 7.05 Å². The van der Waals surface area contributed by atoms with Crippen molar-refractivity contribution in [3.63, 3.8) is 0 Å². The molecule has 0 atom stereocenters. The zero-order valence-corrected chi connectivity index (χ0v) is 12.4. The molecule has 5 nitrogen and oxygen atoms in total. The van der Waals surface area contributed by atoms with Crippen LogP contribution in [0.3, 0.4) is 0 Å². The van der Waals surface area contributed by atoms with Gasteiger partial charge >= 0.3 is 0 Å². The first-order valence-electron chi connectivity index (χ1n) is 5.93. The number of hydrogen-bond acceptors (Lipinski definition) is 4. The van der Waals surface area contributed by atoms with Crippen molar-refractivity contribution in [2.75, 3.05) is 5.32 Å². The Labute approximate surface area is 125 Å². The predicted molar refractivity (Wildman–Crippen MR) is 80.8 cm³/mol. The molecule has 2 heterocycles. The van der Waals surface area contributed by atoms with Gasteiger partial charge in [-0.15, -0.1) is 0 Å². The molecule has 0 unspecified atom stereocenters. The molecule has 0 spiro atoms. The van der Waals surface area contributed by atoms with Crippen molar-refractivity contribution in [2.45, 2.75) is 6.92 Å². The largest absolute Gasteiger partial charge is 0.338 e. The fraction of sp³-hybridized carbons (Fsp3) is 0.154. The summed E-state index contributed by atoms with van der Waals surface area (Å²) in [6.45, 7) is 1.83. The van der Waals surface area contributed by atoms with Crippen LogP contribution in [0, 0.1) is 6.92 Å². The molecule has 7 heteroatoms. The van der Waals surface area contributed by atoms with E-state index in [0.717, 1.165) is 11.0 Å². The van der Waals surface area contributed by atoms with Crippen molar-refractivity contribution in [3.8, 4) is 0 Å². The third kappa shape index (κ3) is 2.30. The average Bonchev–Trinajstić information content (AvgIpc) is 2.76. The van der Waals surface area contributed by atoms with Crippen molar-refractivity contribution < 1.29 is 0 Å². The number of aryl methyl sites for hydroxylation is 2. The molecule has 1 aromatic carbocycles. The summed E-state index contributed by atoms with van der Waals surface area (Å²) in [5.41, 5.74) is 1.46. The molecule has 0 amide bonds.